The standard InChI is InChI=1S/C26H37N3O3/c1-20(2)9-7-10-21(3)11-8-12-22(4)13-14-32-19-23-18-29(28-27-23)24-15-25(30-5)17-26(16-24)31-6/h9,11,13,15-18H,7-8,10,12,14,19H2,1-6H3/b21-11+,22-13+. The number of rotatable bonds is 13. The van der Waals surface area contributed by atoms with Crippen LogP contribution in [0.15, 0.2) is 59.3 Å². The number of nitrogens with zero attached hydrogens (tertiary/aromatic N) is 3. The summed E-state index contributed by atoms with van der Waals surface area (Å²) in [5.41, 5.74) is 5.78. The van der Waals surface area contributed by atoms with E-state index in [1.807, 2.05) is 24.4 Å². The van der Waals surface area contributed by atoms with E-state index in [0.29, 0.717) is 24.7 Å². The van der Waals surface area contributed by atoms with Gasteiger partial charge < -0.3 is 14.2 Å². The fraction of sp³-hybridized carbons (Fsp3) is 0.462. The first-order valence-corrected chi connectivity index (χ1v) is 11.1. The second kappa shape index (κ2) is 13.5. The zero-order chi connectivity index (χ0) is 23.3. The van der Waals surface area contributed by atoms with Crippen LogP contribution in [0, 0.1) is 0 Å². The molecule has 0 aliphatic rings. The lowest BCUT2D eigenvalue weighted by Crippen LogP contribution is -1.97. The van der Waals surface area contributed by atoms with Gasteiger partial charge in [-0.3, -0.25) is 0 Å². The van der Waals surface area contributed by atoms with E-state index in [1.54, 1.807) is 18.9 Å². The van der Waals surface area contributed by atoms with Crippen LogP contribution in [-0.4, -0.2) is 35.8 Å². The van der Waals surface area contributed by atoms with E-state index < -0.39 is 0 Å². The number of hydrogen-bond acceptors (Lipinski definition) is 5. The van der Waals surface area contributed by atoms with Crippen LogP contribution in [0.5, 0.6) is 11.5 Å². The minimum atomic E-state index is 0.411. The largest absolute Gasteiger partial charge is 0.497 e. The Morgan fingerprint density at radius 2 is 1.50 bits per heavy atom. The molecule has 0 radical (unpaired) electrons. The monoisotopic (exact) mass is 439 g/mol. The maximum absolute atomic E-state index is 5.77. The molecule has 0 saturated heterocycles. The van der Waals surface area contributed by atoms with Gasteiger partial charge in [0.05, 0.1) is 39.3 Å². The summed E-state index contributed by atoms with van der Waals surface area (Å²) in [6, 6.07) is 5.58. The Labute approximate surface area is 192 Å². The summed E-state index contributed by atoms with van der Waals surface area (Å²) in [6.45, 7) is 9.64. The Morgan fingerprint density at radius 1 is 0.875 bits per heavy atom. The van der Waals surface area contributed by atoms with Crippen molar-refractivity contribution in [1.29, 1.82) is 0 Å². The van der Waals surface area contributed by atoms with Crippen LogP contribution in [0.25, 0.3) is 5.69 Å². The molecule has 2 aromatic rings. The van der Waals surface area contributed by atoms with Crippen LogP contribution in [0.1, 0.15) is 59.1 Å². The number of ether oxygens (including phenoxy) is 3. The lowest BCUT2D eigenvalue weighted by atomic mass is 10.1. The van der Waals surface area contributed by atoms with Crippen molar-refractivity contribution in [1.82, 2.24) is 15.0 Å². The summed E-state index contributed by atoms with van der Waals surface area (Å²) >= 11 is 0. The summed E-state index contributed by atoms with van der Waals surface area (Å²) in [4.78, 5) is 0. The van der Waals surface area contributed by atoms with Gasteiger partial charge in [-0.05, 0) is 53.4 Å². The summed E-state index contributed by atoms with van der Waals surface area (Å²) in [5, 5.41) is 8.39. The molecule has 0 spiro atoms. The van der Waals surface area contributed by atoms with Crippen LogP contribution in [0.3, 0.4) is 0 Å². The number of hydrogen-bond donors (Lipinski definition) is 0. The predicted octanol–water partition coefficient (Wildman–Crippen LogP) is 6.22. The molecule has 6 nitrogen and oxygen atoms in total. The molecule has 1 heterocycles. The first-order valence-electron chi connectivity index (χ1n) is 11.1. The zero-order valence-corrected chi connectivity index (χ0v) is 20.4. The third kappa shape index (κ3) is 9.10. The molecule has 0 saturated carbocycles. The average molecular weight is 440 g/mol. The molecule has 0 bridgehead atoms. The molecule has 6 heteroatoms. The fourth-order valence-corrected chi connectivity index (χ4v) is 3.12. The van der Waals surface area contributed by atoms with Gasteiger partial charge in [0.15, 0.2) is 0 Å². The van der Waals surface area contributed by atoms with Crippen molar-refractivity contribution in [3.63, 3.8) is 0 Å². The lowest BCUT2D eigenvalue weighted by molar-refractivity contribution is 0.145. The van der Waals surface area contributed by atoms with Gasteiger partial charge in [0.25, 0.3) is 0 Å². The summed E-state index contributed by atoms with van der Waals surface area (Å²) in [6.07, 6.45) is 13.0. The van der Waals surface area contributed by atoms with Gasteiger partial charge in [0.1, 0.15) is 17.2 Å². The van der Waals surface area contributed by atoms with Gasteiger partial charge >= 0.3 is 0 Å². The second-order valence-corrected chi connectivity index (χ2v) is 8.20. The highest BCUT2D eigenvalue weighted by molar-refractivity contribution is 5.46. The maximum Gasteiger partial charge on any atom is 0.124 e. The highest BCUT2D eigenvalue weighted by Crippen LogP contribution is 2.24. The van der Waals surface area contributed by atoms with Gasteiger partial charge in [0, 0.05) is 18.2 Å². The molecule has 0 amide bonds. The van der Waals surface area contributed by atoms with Gasteiger partial charge in [-0.15, -0.1) is 5.10 Å². The smallest absolute Gasteiger partial charge is 0.124 e. The Morgan fingerprint density at radius 3 is 2.12 bits per heavy atom. The number of benzene rings is 1. The van der Waals surface area contributed by atoms with Crippen LogP contribution in [0.4, 0.5) is 0 Å². The van der Waals surface area contributed by atoms with E-state index >= 15 is 0 Å². The Bertz CT molecular complexity index is 915. The first kappa shape index (κ1) is 25.4. The zero-order valence-electron chi connectivity index (χ0n) is 20.4. The number of methoxy groups -OCH3 is 2. The molecule has 0 fully saturated rings. The minimum absolute atomic E-state index is 0.411. The molecule has 174 valence electrons. The van der Waals surface area contributed by atoms with E-state index in [9.17, 15) is 0 Å². The molecule has 32 heavy (non-hydrogen) atoms. The van der Waals surface area contributed by atoms with Gasteiger partial charge in [-0.1, -0.05) is 40.2 Å². The fourth-order valence-electron chi connectivity index (χ4n) is 3.12. The second-order valence-electron chi connectivity index (χ2n) is 8.20. The van der Waals surface area contributed by atoms with Crippen molar-refractivity contribution in [3.05, 3.63) is 65.0 Å². The Kier molecular flexibility index (Phi) is 10.7. The molecule has 2 rings (SSSR count). The minimum Gasteiger partial charge on any atom is -0.497 e. The molecule has 0 aliphatic carbocycles. The Hall–Kier alpha value is -2.86. The molecular formula is C26H37N3O3. The van der Waals surface area contributed by atoms with E-state index in [4.69, 9.17) is 14.2 Å². The highest BCUT2D eigenvalue weighted by Gasteiger charge is 2.07. The molecule has 0 N–H and O–H groups in total. The average Bonchev–Trinajstić information content (AvgIpc) is 3.25. The van der Waals surface area contributed by atoms with Gasteiger partial charge in [-0.25, -0.2) is 4.68 Å². The third-order valence-corrected chi connectivity index (χ3v) is 5.06. The molecule has 1 aromatic heterocycles. The third-order valence-electron chi connectivity index (χ3n) is 5.06. The van der Waals surface area contributed by atoms with E-state index in [-0.39, 0.29) is 0 Å². The quantitative estimate of drug-likeness (QED) is 0.274. The molecule has 0 aliphatic heterocycles. The molecule has 0 atom stereocenters. The lowest BCUT2D eigenvalue weighted by Gasteiger charge is -2.07. The summed E-state index contributed by atoms with van der Waals surface area (Å²) in [7, 11) is 3.25. The van der Waals surface area contributed by atoms with Crippen molar-refractivity contribution >= 4 is 0 Å². The molecule has 0 unspecified atom stereocenters. The normalized spacial score (nSPS) is 12.1. The topological polar surface area (TPSA) is 58.4 Å². The number of aromatic nitrogens is 3. The van der Waals surface area contributed by atoms with Crippen LogP contribution in [-0.2, 0) is 11.3 Å². The van der Waals surface area contributed by atoms with Crippen LogP contribution in [0.2, 0.25) is 0 Å². The van der Waals surface area contributed by atoms with Crippen molar-refractivity contribution in [2.75, 3.05) is 20.8 Å². The van der Waals surface area contributed by atoms with Crippen LogP contribution < -0.4 is 9.47 Å². The van der Waals surface area contributed by atoms with Crippen molar-refractivity contribution < 1.29 is 14.2 Å². The van der Waals surface area contributed by atoms with Crippen molar-refractivity contribution in [3.8, 4) is 17.2 Å². The Balaban J connectivity index is 1.77. The predicted molar refractivity (Wildman–Crippen MR) is 130 cm³/mol. The summed E-state index contributed by atoms with van der Waals surface area (Å²) < 4.78 is 18.1. The van der Waals surface area contributed by atoms with Crippen molar-refractivity contribution in [2.45, 2.75) is 60.0 Å². The van der Waals surface area contributed by atoms with Crippen LogP contribution >= 0.6 is 0 Å². The molecular weight excluding hydrogens is 402 g/mol. The maximum atomic E-state index is 5.77. The molecule has 1 aromatic carbocycles. The first-order chi connectivity index (χ1) is 15.4. The van der Waals surface area contributed by atoms with Crippen molar-refractivity contribution in [2.24, 2.45) is 0 Å². The number of allylic oxidation sites excluding steroid dienone is 5. The highest BCUT2D eigenvalue weighted by atomic mass is 16.5. The summed E-state index contributed by atoms with van der Waals surface area (Å²) in [5.74, 6) is 1.40. The SMILES string of the molecule is COc1cc(OC)cc(-n2cc(COC/C=C(\C)CC/C=C(\C)CCC=C(C)C)nn2)c1. The van der Waals surface area contributed by atoms with E-state index in [2.05, 4.69) is 56.2 Å². The van der Waals surface area contributed by atoms with E-state index in [1.165, 1.54) is 16.7 Å². The van der Waals surface area contributed by atoms with Gasteiger partial charge in [0.2, 0.25) is 0 Å². The van der Waals surface area contributed by atoms with E-state index in [0.717, 1.165) is 37.1 Å². The van der Waals surface area contributed by atoms with Gasteiger partial charge in [-0.2, -0.15) is 0 Å².